The summed E-state index contributed by atoms with van der Waals surface area (Å²) in [5, 5.41) is 13.8. The Morgan fingerprint density at radius 3 is 2.29 bits per heavy atom. The molecule has 0 fully saturated rings. The molecular weight excluding hydrogens is 352 g/mol. The van der Waals surface area contributed by atoms with Crippen LogP contribution in [-0.2, 0) is 0 Å². The number of aromatic nitrogens is 3. The third kappa shape index (κ3) is 2.93. The minimum absolute atomic E-state index is 0.620. The van der Waals surface area contributed by atoms with Gasteiger partial charge in [-0.2, -0.15) is 10.4 Å². The van der Waals surface area contributed by atoms with E-state index < -0.39 is 0 Å². The average Bonchev–Trinajstić information content (AvgIpc) is 3.08. The maximum atomic E-state index is 9.03. The number of benzene rings is 2. The number of rotatable bonds is 4. The fourth-order valence-corrected chi connectivity index (χ4v) is 3.23. The number of ether oxygens (including phenoxy) is 2. The average molecular weight is 370 g/mol. The first-order chi connectivity index (χ1) is 13.6. The maximum Gasteiger partial charge on any atom is 0.161 e. The highest BCUT2D eigenvalue weighted by Crippen LogP contribution is 2.32. The summed E-state index contributed by atoms with van der Waals surface area (Å²) in [6.07, 6.45) is 0. The van der Waals surface area contributed by atoms with Gasteiger partial charge in [0, 0.05) is 11.1 Å². The lowest BCUT2D eigenvalue weighted by Crippen LogP contribution is -1.98. The lowest BCUT2D eigenvalue weighted by Gasteiger charge is -2.10. The van der Waals surface area contributed by atoms with E-state index in [-0.39, 0.29) is 0 Å². The van der Waals surface area contributed by atoms with E-state index in [1.165, 1.54) is 0 Å². The van der Waals surface area contributed by atoms with Crippen LogP contribution in [0.1, 0.15) is 11.3 Å². The Labute approximate surface area is 162 Å². The van der Waals surface area contributed by atoms with Gasteiger partial charge in [0.1, 0.15) is 0 Å². The van der Waals surface area contributed by atoms with Crippen LogP contribution in [0.25, 0.3) is 28.2 Å². The lowest BCUT2D eigenvalue weighted by molar-refractivity contribution is 0.355. The molecule has 0 saturated heterocycles. The quantitative estimate of drug-likeness (QED) is 0.537. The molecule has 6 heteroatoms. The van der Waals surface area contributed by atoms with E-state index in [2.05, 4.69) is 11.1 Å². The monoisotopic (exact) mass is 370 g/mol. The first-order valence-corrected chi connectivity index (χ1v) is 8.74. The van der Waals surface area contributed by atoms with E-state index in [1.54, 1.807) is 26.4 Å². The van der Waals surface area contributed by atoms with Crippen molar-refractivity contribution in [1.29, 1.82) is 5.26 Å². The predicted molar refractivity (Wildman–Crippen MR) is 106 cm³/mol. The minimum atomic E-state index is 0.620. The third-order valence-corrected chi connectivity index (χ3v) is 4.62. The largest absolute Gasteiger partial charge is 0.493 e. The van der Waals surface area contributed by atoms with E-state index in [1.807, 2.05) is 53.9 Å². The Balaban J connectivity index is 1.86. The summed E-state index contributed by atoms with van der Waals surface area (Å²) in [5.41, 5.74) is 5.83. The number of imidazole rings is 1. The number of methoxy groups -OCH3 is 2. The standard InChI is InChI=1S/C22H18N4O2/c1-14-22(16-6-4-15(13-23)5-7-16)26-21(24-14)11-9-18(25-26)17-8-10-19(27-2)20(12-17)28-3/h4-12H,1-3H3. The molecule has 6 nitrogen and oxygen atoms in total. The van der Waals surface area contributed by atoms with Gasteiger partial charge in [-0.15, -0.1) is 0 Å². The van der Waals surface area contributed by atoms with Crippen LogP contribution < -0.4 is 9.47 Å². The molecule has 0 N–H and O–H groups in total. The van der Waals surface area contributed by atoms with Crippen molar-refractivity contribution < 1.29 is 9.47 Å². The Kier molecular flexibility index (Phi) is 4.42. The van der Waals surface area contributed by atoms with Gasteiger partial charge in [0.25, 0.3) is 0 Å². The molecule has 2 aromatic carbocycles. The molecule has 2 aromatic heterocycles. The summed E-state index contributed by atoms with van der Waals surface area (Å²) < 4.78 is 12.6. The van der Waals surface area contributed by atoms with Gasteiger partial charge in [0.05, 0.1) is 42.9 Å². The smallest absolute Gasteiger partial charge is 0.161 e. The minimum Gasteiger partial charge on any atom is -0.493 e. The Hall–Kier alpha value is -3.85. The summed E-state index contributed by atoms with van der Waals surface area (Å²) in [5.74, 6) is 1.32. The highest BCUT2D eigenvalue weighted by molar-refractivity contribution is 5.70. The van der Waals surface area contributed by atoms with Gasteiger partial charge in [0.15, 0.2) is 17.1 Å². The molecule has 0 amide bonds. The molecule has 0 saturated carbocycles. The van der Waals surface area contributed by atoms with Gasteiger partial charge in [-0.3, -0.25) is 0 Å². The maximum absolute atomic E-state index is 9.03. The van der Waals surface area contributed by atoms with Gasteiger partial charge >= 0.3 is 0 Å². The van der Waals surface area contributed by atoms with Crippen molar-refractivity contribution in [2.45, 2.75) is 6.92 Å². The van der Waals surface area contributed by atoms with Crippen LogP contribution >= 0.6 is 0 Å². The van der Waals surface area contributed by atoms with Gasteiger partial charge in [-0.25, -0.2) is 9.50 Å². The van der Waals surface area contributed by atoms with Crippen LogP contribution in [0.5, 0.6) is 11.5 Å². The van der Waals surface area contributed by atoms with Gasteiger partial charge in [0.2, 0.25) is 0 Å². The molecule has 4 rings (SSSR count). The van der Waals surface area contributed by atoms with Gasteiger partial charge in [-0.1, -0.05) is 12.1 Å². The van der Waals surface area contributed by atoms with E-state index in [0.29, 0.717) is 17.1 Å². The summed E-state index contributed by atoms with van der Waals surface area (Å²) in [7, 11) is 3.22. The van der Waals surface area contributed by atoms with Crippen LogP contribution in [0.3, 0.4) is 0 Å². The molecule has 0 spiro atoms. The van der Waals surface area contributed by atoms with Crippen molar-refractivity contribution >= 4 is 5.65 Å². The van der Waals surface area contributed by atoms with Crippen LogP contribution in [0.15, 0.2) is 54.6 Å². The van der Waals surface area contributed by atoms with Crippen molar-refractivity contribution in [3.05, 3.63) is 65.9 Å². The van der Waals surface area contributed by atoms with E-state index in [0.717, 1.165) is 33.9 Å². The predicted octanol–water partition coefficient (Wildman–Crippen LogP) is 4.26. The number of hydrogen-bond acceptors (Lipinski definition) is 5. The summed E-state index contributed by atoms with van der Waals surface area (Å²) >= 11 is 0. The first kappa shape index (κ1) is 17.6. The second kappa shape index (κ2) is 7.05. The molecule has 2 heterocycles. The molecule has 0 bridgehead atoms. The molecule has 0 aliphatic rings. The van der Waals surface area contributed by atoms with Gasteiger partial charge < -0.3 is 9.47 Å². The zero-order valence-corrected chi connectivity index (χ0v) is 15.8. The van der Waals surface area contributed by atoms with Gasteiger partial charge in [-0.05, 0) is 49.4 Å². The zero-order valence-electron chi connectivity index (χ0n) is 15.8. The number of nitriles is 1. The summed E-state index contributed by atoms with van der Waals surface area (Å²) in [6, 6.07) is 19.2. The fraction of sp³-hybridized carbons (Fsp3) is 0.136. The second-order valence-corrected chi connectivity index (χ2v) is 6.29. The Bertz CT molecular complexity index is 1200. The molecule has 0 radical (unpaired) electrons. The van der Waals surface area contributed by atoms with E-state index in [4.69, 9.17) is 19.8 Å². The summed E-state index contributed by atoms with van der Waals surface area (Å²) in [6.45, 7) is 1.96. The number of aryl methyl sites for hydroxylation is 1. The third-order valence-electron chi connectivity index (χ3n) is 4.62. The highest BCUT2D eigenvalue weighted by Gasteiger charge is 2.14. The lowest BCUT2D eigenvalue weighted by atomic mass is 10.1. The van der Waals surface area contributed by atoms with Crippen molar-refractivity contribution in [3.8, 4) is 40.1 Å². The molecule has 138 valence electrons. The van der Waals surface area contributed by atoms with E-state index in [9.17, 15) is 0 Å². The van der Waals surface area contributed by atoms with Crippen molar-refractivity contribution in [2.24, 2.45) is 0 Å². The molecule has 28 heavy (non-hydrogen) atoms. The molecule has 0 atom stereocenters. The Morgan fingerprint density at radius 1 is 0.893 bits per heavy atom. The second-order valence-electron chi connectivity index (χ2n) is 6.29. The van der Waals surface area contributed by atoms with E-state index >= 15 is 0 Å². The topological polar surface area (TPSA) is 72.4 Å². The van der Waals surface area contributed by atoms with Crippen LogP contribution in [0, 0.1) is 18.3 Å². The molecule has 0 aliphatic heterocycles. The molecular formula is C22H18N4O2. The van der Waals surface area contributed by atoms with Crippen molar-refractivity contribution in [1.82, 2.24) is 14.6 Å². The van der Waals surface area contributed by atoms with Crippen molar-refractivity contribution in [3.63, 3.8) is 0 Å². The van der Waals surface area contributed by atoms with Crippen LogP contribution in [-0.4, -0.2) is 28.8 Å². The zero-order chi connectivity index (χ0) is 19.7. The SMILES string of the molecule is COc1ccc(-c2ccc3nc(C)c(-c4ccc(C#N)cc4)n3n2)cc1OC. The number of fused-ring (bicyclic) bond motifs is 1. The first-order valence-electron chi connectivity index (χ1n) is 8.74. The normalized spacial score (nSPS) is 10.6. The number of hydrogen-bond donors (Lipinski definition) is 0. The number of nitrogens with zero attached hydrogens (tertiary/aromatic N) is 4. The van der Waals surface area contributed by atoms with Crippen LogP contribution in [0.4, 0.5) is 0 Å². The fourth-order valence-electron chi connectivity index (χ4n) is 3.23. The molecule has 0 aliphatic carbocycles. The highest BCUT2D eigenvalue weighted by atomic mass is 16.5. The molecule has 0 unspecified atom stereocenters. The summed E-state index contributed by atoms with van der Waals surface area (Å²) in [4.78, 5) is 4.62. The Morgan fingerprint density at radius 2 is 1.61 bits per heavy atom. The van der Waals surface area contributed by atoms with Crippen molar-refractivity contribution in [2.75, 3.05) is 14.2 Å². The van der Waals surface area contributed by atoms with Crippen LogP contribution in [0.2, 0.25) is 0 Å². The molecule has 4 aromatic rings.